The third-order valence-electron chi connectivity index (χ3n) is 11.7. The quantitative estimate of drug-likeness (QED) is 0.0813. The Hall–Kier alpha value is -5.72. The summed E-state index contributed by atoms with van der Waals surface area (Å²) in [7, 11) is 23.6. The fourth-order valence-corrected chi connectivity index (χ4v) is 9.40. The van der Waals surface area contributed by atoms with Crippen molar-refractivity contribution in [1.82, 2.24) is 0 Å². The molecule has 1 fully saturated rings. The van der Waals surface area contributed by atoms with Gasteiger partial charge in [0.1, 0.15) is 11.5 Å². The van der Waals surface area contributed by atoms with Crippen LogP contribution in [0.2, 0.25) is 0 Å². The molecule has 6 aromatic rings. The van der Waals surface area contributed by atoms with Crippen molar-refractivity contribution in [2.45, 2.75) is 24.0 Å². The van der Waals surface area contributed by atoms with Crippen molar-refractivity contribution in [3.05, 3.63) is 59.7 Å². The van der Waals surface area contributed by atoms with Gasteiger partial charge in [0.25, 0.3) is 0 Å². The van der Waals surface area contributed by atoms with Gasteiger partial charge in [0, 0.05) is 174 Å². The van der Waals surface area contributed by atoms with E-state index in [1.165, 1.54) is 0 Å². The zero-order valence-electron chi connectivity index (χ0n) is 34.6. The fourth-order valence-electron chi connectivity index (χ4n) is 9.40. The molecule has 8 N–H and O–H groups in total. The van der Waals surface area contributed by atoms with Crippen molar-refractivity contribution in [3.8, 4) is 11.5 Å². The highest BCUT2D eigenvalue weighted by Gasteiger charge is 2.54. The van der Waals surface area contributed by atoms with E-state index in [-0.39, 0.29) is 11.5 Å². The first-order valence-corrected chi connectivity index (χ1v) is 18.8. The first-order chi connectivity index (χ1) is 26.3. The second-order valence-corrected chi connectivity index (χ2v) is 16.5. The molecule has 1 aliphatic carbocycles. The molecule has 56 heavy (non-hydrogen) atoms. The third-order valence-corrected chi connectivity index (χ3v) is 11.7. The zero-order chi connectivity index (χ0) is 41.0. The average molecular weight is 761 g/mol. The van der Waals surface area contributed by atoms with Crippen LogP contribution < -0.4 is 40.9 Å². The van der Waals surface area contributed by atoms with Gasteiger partial charge < -0.3 is 61.3 Å². The van der Waals surface area contributed by atoms with E-state index in [9.17, 15) is 20.4 Å². The monoisotopic (exact) mass is 760 g/mol. The summed E-state index contributed by atoms with van der Waals surface area (Å²) >= 11 is 0. The minimum absolute atomic E-state index is 0.0194. The molecule has 1 aliphatic rings. The highest BCUT2D eigenvalue weighted by Crippen LogP contribution is 2.61. The van der Waals surface area contributed by atoms with Crippen LogP contribution in [0.25, 0.3) is 43.1 Å². The van der Waals surface area contributed by atoms with Crippen LogP contribution >= 0.6 is 0 Å². The Labute approximate surface area is 328 Å². The van der Waals surface area contributed by atoms with E-state index in [0.29, 0.717) is 44.0 Å². The number of nitrogens with zero attached hydrogens (tertiary/aromatic N) is 6. The largest absolute Gasteiger partial charge is 0.507 e. The zero-order valence-corrected chi connectivity index (χ0v) is 34.6. The van der Waals surface area contributed by atoms with Gasteiger partial charge in [-0.15, -0.1) is 0 Å². The van der Waals surface area contributed by atoms with Crippen molar-refractivity contribution in [2.24, 2.45) is 0 Å². The Bertz CT molecular complexity index is 2230. The van der Waals surface area contributed by atoms with Crippen LogP contribution in [0.4, 0.5) is 45.5 Å². The molecule has 0 amide bonds. The van der Waals surface area contributed by atoms with E-state index in [1.807, 2.05) is 145 Å². The van der Waals surface area contributed by atoms with Gasteiger partial charge in [-0.2, -0.15) is 0 Å². The van der Waals surface area contributed by atoms with E-state index >= 15 is 0 Å². The Morgan fingerprint density at radius 3 is 0.929 bits per heavy atom. The summed E-state index contributed by atoms with van der Waals surface area (Å²) < 4.78 is 0. The average Bonchev–Trinajstić information content (AvgIpc) is 3.10. The van der Waals surface area contributed by atoms with Gasteiger partial charge in [-0.25, -0.2) is 0 Å². The Morgan fingerprint density at radius 2 is 0.643 bits per heavy atom. The number of nitrogen functional groups attached to an aromatic ring is 2. The lowest BCUT2D eigenvalue weighted by molar-refractivity contribution is -0.0765. The number of aliphatic hydroxyl groups excluding tert-OH is 2. The smallest absolute Gasteiger partial charge is 0.123 e. The third kappa shape index (κ3) is 5.33. The molecule has 12 heteroatoms. The van der Waals surface area contributed by atoms with Crippen LogP contribution in [-0.2, 0) is 0 Å². The van der Waals surface area contributed by atoms with Crippen molar-refractivity contribution in [3.63, 3.8) is 0 Å². The van der Waals surface area contributed by atoms with Crippen LogP contribution in [-0.4, -0.2) is 117 Å². The number of rotatable bonds is 8. The van der Waals surface area contributed by atoms with Crippen LogP contribution in [0.5, 0.6) is 11.5 Å². The maximum absolute atomic E-state index is 12.8. The summed E-state index contributed by atoms with van der Waals surface area (Å²) in [6.45, 7) is 0. The van der Waals surface area contributed by atoms with Gasteiger partial charge in [-0.1, -0.05) is 0 Å². The molecule has 2 atom stereocenters. The van der Waals surface area contributed by atoms with Crippen molar-refractivity contribution in [1.29, 1.82) is 0 Å². The van der Waals surface area contributed by atoms with Gasteiger partial charge >= 0.3 is 0 Å². The van der Waals surface area contributed by atoms with E-state index in [4.69, 9.17) is 11.5 Å². The van der Waals surface area contributed by atoms with Crippen molar-refractivity contribution >= 4 is 88.6 Å². The number of hydrogen-bond donors (Lipinski definition) is 6. The highest BCUT2D eigenvalue weighted by molar-refractivity contribution is 6.27. The maximum atomic E-state index is 12.8. The number of aliphatic hydroxyl groups is 2. The number of anilines is 8. The second-order valence-electron chi connectivity index (χ2n) is 16.5. The maximum Gasteiger partial charge on any atom is 0.123 e. The predicted molar refractivity (Wildman–Crippen MR) is 239 cm³/mol. The highest BCUT2D eigenvalue weighted by atomic mass is 16.3. The summed E-state index contributed by atoms with van der Waals surface area (Å²) in [4.78, 5) is 12.1. The van der Waals surface area contributed by atoms with E-state index in [1.54, 1.807) is 12.1 Å². The number of hydrogen-bond acceptors (Lipinski definition) is 12. The SMILES string of the molecule is CN(C)c1ccc(N)c2c(C3C(O)C(c4c5c(O)ccc(N(C)C)c5c(N(C)C)c5c(N(C)C)ccc(O)c45)C3O)c3c(N)ccc(N(C)C)c3c(N(C)C)c12. The topological polar surface area (TPSA) is 152 Å². The molecule has 0 aromatic heterocycles. The Balaban J connectivity index is 1.65. The molecule has 6 aromatic carbocycles. The molecule has 1 saturated carbocycles. The number of phenolic OH excluding ortho intramolecular Hbond substituents is 2. The first kappa shape index (κ1) is 38.6. The number of nitrogens with two attached hydrogens (primary N) is 2. The summed E-state index contributed by atoms with van der Waals surface area (Å²) in [5.41, 5.74) is 21.3. The number of phenols is 2. The van der Waals surface area contributed by atoms with Gasteiger partial charge in [0.05, 0.1) is 23.6 Å². The minimum Gasteiger partial charge on any atom is -0.507 e. The lowest BCUT2D eigenvalue weighted by atomic mass is 9.60. The molecule has 12 nitrogen and oxygen atoms in total. The number of aromatic hydroxyl groups is 2. The predicted octanol–water partition coefficient (Wildman–Crippen LogP) is 5.87. The summed E-state index contributed by atoms with van der Waals surface area (Å²) in [6, 6.07) is 14.8. The molecule has 0 spiro atoms. The van der Waals surface area contributed by atoms with Crippen LogP contribution in [0.3, 0.4) is 0 Å². The summed E-state index contributed by atoms with van der Waals surface area (Å²) in [5.74, 6) is -1.82. The Kier molecular flexibility index (Phi) is 9.29. The summed E-state index contributed by atoms with van der Waals surface area (Å²) in [6.07, 6.45) is -2.37. The van der Waals surface area contributed by atoms with Crippen LogP contribution in [0.1, 0.15) is 23.0 Å². The van der Waals surface area contributed by atoms with Gasteiger partial charge in [-0.3, -0.25) is 0 Å². The molecule has 0 saturated heterocycles. The fraction of sp³-hybridized carbons (Fsp3) is 0.364. The molecular weight excluding hydrogens is 705 g/mol. The molecule has 2 unspecified atom stereocenters. The molecule has 0 aliphatic heterocycles. The molecule has 0 radical (unpaired) electrons. The Morgan fingerprint density at radius 1 is 0.375 bits per heavy atom. The minimum atomic E-state index is -1.19. The molecule has 0 heterocycles. The normalized spacial score (nSPS) is 18.1. The molecule has 7 rings (SSSR count). The lowest BCUT2D eigenvalue weighted by Gasteiger charge is -2.49. The van der Waals surface area contributed by atoms with Crippen molar-refractivity contribution < 1.29 is 20.4 Å². The molecule has 0 bridgehead atoms. The first-order valence-electron chi connectivity index (χ1n) is 18.8. The van der Waals surface area contributed by atoms with E-state index < -0.39 is 24.0 Å². The summed E-state index contributed by atoms with van der Waals surface area (Å²) in [5, 5.41) is 55.1. The second kappa shape index (κ2) is 13.5. The number of benzene rings is 6. The van der Waals surface area contributed by atoms with Crippen LogP contribution in [0, 0.1) is 0 Å². The van der Waals surface area contributed by atoms with Gasteiger partial charge in [0.15, 0.2) is 0 Å². The molecular formula is C44H56N8O4. The lowest BCUT2D eigenvalue weighted by Crippen LogP contribution is -2.52. The van der Waals surface area contributed by atoms with Crippen molar-refractivity contribution in [2.75, 3.05) is 125 Å². The molecule has 296 valence electrons. The van der Waals surface area contributed by atoms with E-state index in [0.717, 1.165) is 55.7 Å². The van der Waals surface area contributed by atoms with Gasteiger partial charge in [0.2, 0.25) is 0 Å². The van der Waals surface area contributed by atoms with Gasteiger partial charge in [-0.05, 0) is 59.7 Å². The number of fused-ring (bicyclic) bond motifs is 4. The van der Waals surface area contributed by atoms with Crippen LogP contribution in [0.15, 0.2) is 48.5 Å². The standard InChI is InChI=1S/C44H56N8O4/c1-47(2)23-15-13-21(45)29-31(23)41(51(9)10)32-24(48(3)4)16-14-22(46)30(32)37(29)39-43(55)40(44(39)56)38-35-27(53)19-17-25(49(5)6)33(35)42(52(11)12)34-26(50(7)8)18-20-28(54)36(34)38/h13-20,39-40,43-44,53-56H,45-46H2,1-12H3. The van der Waals surface area contributed by atoms with E-state index in [2.05, 4.69) is 4.90 Å².